The third kappa shape index (κ3) is 5.60. The molecule has 0 aromatic heterocycles. The molecule has 0 fully saturated rings. The summed E-state index contributed by atoms with van der Waals surface area (Å²) in [6.45, 7) is 2.14. The molecule has 10 heteroatoms. The molecule has 8 nitrogen and oxygen atoms in total. The van der Waals surface area contributed by atoms with Crippen LogP contribution in [0.15, 0.2) is 23.1 Å². The molecule has 1 aromatic carbocycles. The molecule has 0 radical (unpaired) electrons. The standard InChI is InChI=1S/C14H23N3O5S.ClH/c1-5-22-12-7-6-10(16-14(18)11(15)9-21-4)8-13(12)23(19,20)17(2)3;/h6-8,11H,5,9,15H2,1-4H3,(H,16,18);1H. The van der Waals surface area contributed by atoms with Gasteiger partial charge in [0.1, 0.15) is 16.7 Å². The van der Waals surface area contributed by atoms with Crippen LogP contribution < -0.4 is 15.8 Å². The second-order valence-corrected chi connectivity index (χ2v) is 7.05. The summed E-state index contributed by atoms with van der Waals surface area (Å²) in [5.74, 6) is -0.246. The van der Waals surface area contributed by atoms with Gasteiger partial charge in [0.25, 0.3) is 0 Å². The van der Waals surface area contributed by atoms with E-state index in [1.54, 1.807) is 13.0 Å². The highest BCUT2D eigenvalue weighted by Crippen LogP contribution is 2.29. The van der Waals surface area contributed by atoms with Crippen LogP contribution in [0.5, 0.6) is 5.75 Å². The van der Waals surface area contributed by atoms with Crippen molar-refractivity contribution >= 4 is 34.0 Å². The molecule has 0 aliphatic rings. The minimum atomic E-state index is -3.72. The minimum absolute atomic E-state index is 0. The Labute approximate surface area is 148 Å². The van der Waals surface area contributed by atoms with Crippen LogP contribution in [0.4, 0.5) is 5.69 Å². The van der Waals surface area contributed by atoms with E-state index >= 15 is 0 Å². The van der Waals surface area contributed by atoms with Crippen molar-refractivity contribution in [2.24, 2.45) is 5.73 Å². The molecular weight excluding hydrogens is 358 g/mol. The van der Waals surface area contributed by atoms with E-state index in [1.807, 2.05) is 0 Å². The second-order valence-electron chi connectivity index (χ2n) is 4.93. The van der Waals surface area contributed by atoms with Crippen LogP contribution >= 0.6 is 12.4 Å². The van der Waals surface area contributed by atoms with E-state index in [9.17, 15) is 13.2 Å². The number of nitrogens with two attached hydrogens (primary N) is 1. The number of carbonyl (C=O) groups is 1. The number of benzene rings is 1. The lowest BCUT2D eigenvalue weighted by Crippen LogP contribution is -2.39. The molecule has 0 bridgehead atoms. The molecule has 0 saturated heterocycles. The van der Waals surface area contributed by atoms with Gasteiger partial charge in [-0.2, -0.15) is 0 Å². The second kappa shape index (κ2) is 9.80. The van der Waals surface area contributed by atoms with Gasteiger partial charge in [0.15, 0.2) is 0 Å². The molecule has 0 spiro atoms. The number of sulfonamides is 1. The highest BCUT2D eigenvalue weighted by molar-refractivity contribution is 7.89. The fraction of sp³-hybridized carbons (Fsp3) is 0.500. The summed E-state index contributed by atoms with van der Waals surface area (Å²) < 4.78 is 36.0. The molecule has 1 amide bonds. The Morgan fingerprint density at radius 2 is 2.00 bits per heavy atom. The number of hydrogen-bond acceptors (Lipinski definition) is 6. The topological polar surface area (TPSA) is 111 Å². The zero-order valence-electron chi connectivity index (χ0n) is 14.1. The number of nitrogens with one attached hydrogen (secondary N) is 1. The van der Waals surface area contributed by atoms with Gasteiger partial charge in [-0.1, -0.05) is 0 Å². The Bertz CT molecular complexity index is 652. The summed E-state index contributed by atoms with van der Waals surface area (Å²) in [6, 6.07) is 3.55. The molecule has 1 aromatic rings. The van der Waals surface area contributed by atoms with Gasteiger partial charge in [0.05, 0.1) is 13.2 Å². The predicted molar refractivity (Wildman–Crippen MR) is 94.2 cm³/mol. The number of halogens is 1. The Hall–Kier alpha value is -1.39. The summed E-state index contributed by atoms with van der Waals surface area (Å²) in [5.41, 5.74) is 5.95. The minimum Gasteiger partial charge on any atom is -0.492 e. The number of ether oxygens (including phenoxy) is 2. The van der Waals surface area contributed by atoms with E-state index in [0.717, 1.165) is 4.31 Å². The first-order valence-corrected chi connectivity index (χ1v) is 8.42. The average molecular weight is 382 g/mol. The Morgan fingerprint density at radius 3 is 2.50 bits per heavy atom. The first kappa shape index (κ1) is 22.6. The van der Waals surface area contributed by atoms with Gasteiger partial charge in [-0.3, -0.25) is 4.79 Å². The quantitative estimate of drug-likeness (QED) is 0.684. The van der Waals surface area contributed by atoms with Crippen LogP contribution in [-0.4, -0.2) is 59.1 Å². The van der Waals surface area contributed by atoms with Gasteiger partial charge in [0.2, 0.25) is 15.9 Å². The van der Waals surface area contributed by atoms with Crippen LogP contribution in [-0.2, 0) is 19.6 Å². The van der Waals surface area contributed by atoms with Gasteiger partial charge in [0, 0.05) is 26.9 Å². The number of methoxy groups -OCH3 is 1. The zero-order chi connectivity index (χ0) is 17.6. The number of hydrogen-bond donors (Lipinski definition) is 2. The lowest BCUT2D eigenvalue weighted by atomic mass is 10.2. The van der Waals surface area contributed by atoms with Crippen molar-refractivity contribution in [3.8, 4) is 5.75 Å². The van der Waals surface area contributed by atoms with Crippen LogP contribution in [0.3, 0.4) is 0 Å². The fourth-order valence-electron chi connectivity index (χ4n) is 1.75. The van der Waals surface area contributed by atoms with Crippen molar-refractivity contribution in [3.63, 3.8) is 0 Å². The van der Waals surface area contributed by atoms with Crippen LogP contribution in [0.1, 0.15) is 6.92 Å². The lowest BCUT2D eigenvalue weighted by Gasteiger charge is -2.17. The SMILES string of the molecule is CCOc1ccc(NC(=O)C(N)COC)cc1S(=O)(=O)N(C)C.Cl. The summed E-state index contributed by atoms with van der Waals surface area (Å²) >= 11 is 0. The Morgan fingerprint density at radius 1 is 1.38 bits per heavy atom. The van der Waals surface area contributed by atoms with Crippen molar-refractivity contribution in [2.45, 2.75) is 17.9 Å². The highest BCUT2D eigenvalue weighted by Gasteiger charge is 2.23. The van der Waals surface area contributed by atoms with Crippen LogP contribution in [0.25, 0.3) is 0 Å². The van der Waals surface area contributed by atoms with Gasteiger partial charge < -0.3 is 20.5 Å². The fourth-order valence-corrected chi connectivity index (χ4v) is 2.80. The number of anilines is 1. The number of amides is 1. The summed E-state index contributed by atoms with van der Waals surface area (Å²) in [6.07, 6.45) is 0. The van der Waals surface area contributed by atoms with Gasteiger partial charge >= 0.3 is 0 Å². The monoisotopic (exact) mass is 381 g/mol. The highest BCUT2D eigenvalue weighted by atomic mass is 35.5. The molecule has 24 heavy (non-hydrogen) atoms. The Balaban J connectivity index is 0.00000529. The van der Waals surface area contributed by atoms with Crippen molar-refractivity contribution in [3.05, 3.63) is 18.2 Å². The molecule has 3 N–H and O–H groups in total. The molecule has 0 aliphatic heterocycles. The first-order chi connectivity index (χ1) is 10.7. The summed E-state index contributed by atoms with van der Waals surface area (Å²) in [4.78, 5) is 11.9. The summed E-state index contributed by atoms with van der Waals surface area (Å²) in [7, 11) is 0.562. The van der Waals surface area contributed by atoms with E-state index in [4.69, 9.17) is 15.2 Å². The third-order valence-electron chi connectivity index (χ3n) is 2.95. The van der Waals surface area contributed by atoms with Gasteiger partial charge in [-0.15, -0.1) is 12.4 Å². The number of carbonyl (C=O) groups excluding carboxylic acids is 1. The van der Waals surface area contributed by atoms with E-state index in [2.05, 4.69) is 5.32 Å². The smallest absolute Gasteiger partial charge is 0.246 e. The normalized spacial score (nSPS) is 12.4. The van der Waals surface area contributed by atoms with E-state index in [1.165, 1.54) is 33.3 Å². The molecule has 138 valence electrons. The number of rotatable bonds is 8. The number of nitrogens with zero attached hydrogens (tertiary/aromatic N) is 1. The maximum atomic E-state index is 12.4. The largest absolute Gasteiger partial charge is 0.492 e. The van der Waals surface area contributed by atoms with Crippen molar-refractivity contribution in [1.82, 2.24) is 4.31 Å². The average Bonchev–Trinajstić information content (AvgIpc) is 2.48. The van der Waals surface area contributed by atoms with Crippen LogP contribution in [0, 0.1) is 0 Å². The van der Waals surface area contributed by atoms with Crippen molar-refractivity contribution < 1.29 is 22.7 Å². The maximum Gasteiger partial charge on any atom is 0.246 e. The first-order valence-electron chi connectivity index (χ1n) is 6.98. The molecule has 1 unspecified atom stereocenters. The van der Waals surface area contributed by atoms with Crippen molar-refractivity contribution in [2.75, 3.05) is 39.7 Å². The summed E-state index contributed by atoms with van der Waals surface area (Å²) in [5, 5.41) is 2.56. The zero-order valence-corrected chi connectivity index (χ0v) is 15.7. The lowest BCUT2D eigenvalue weighted by molar-refractivity contribution is -0.118. The van der Waals surface area contributed by atoms with E-state index in [0.29, 0.717) is 12.3 Å². The predicted octanol–water partition coefficient (Wildman–Crippen LogP) is 0.670. The molecule has 0 aliphatic carbocycles. The van der Waals surface area contributed by atoms with Gasteiger partial charge in [-0.25, -0.2) is 12.7 Å². The molecule has 0 saturated carbocycles. The van der Waals surface area contributed by atoms with Gasteiger partial charge in [-0.05, 0) is 25.1 Å². The molecule has 0 heterocycles. The van der Waals surface area contributed by atoms with Crippen LogP contribution in [0.2, 0.25) is 0 Å². The molecular formula is C14H24ClN3O5S. The molecule has 1 atom stereocenters. The third-order valence-corrected chi connectivity index (χ3v) is 4.79. The van der Waals surface area contributed by atoms with E-state index < -0.39 is 22.0 Å². The molecule has 1 rings (SSSR count). The van der Waals surface area contributed by atoms with Crippen molar-refractivity contribution in [1.29, 1.82) is 0 Å². The Kier molecular flexibility index (Phi) is 9.23. The maximum absolute atomic E-state index is 12.4. The van der Waals surface area contributed by atoms with E-state index in [-0.39, 0.29) is 29.7 Å².